The largest absolute Gasteiger partial charge is 0.508 e. The number of phenols is 1. The van der Waals surface area contributed by atoms with Gasteiger partial charge in [0.15, 0.2) is 17.6 Å². The minimum absolute atomic E-state index is 0.0947. The molecule has 0 aliphatic heterocycles. The van der Waals surface area contributed by atoms with Crippen molar-refractivity contribution >= 4 is 22.6 Å². The van der Waals surface area contributed by atoms with E-state index in [4.69, 9.17) is 9.47 Å². The normalized spacial score (nSPS) is 14.2. The number of hydrogen-bond acceptors (Lipinski definition) is 5. The molecule has 0 amide bonds. The number of hydrogen-bond donors (Lipinski definition) is 3. The van der Waals surface area contributed by atoms with E-state index >= 15 is 0 Å². The van der Waals surface area contributed by atoms with Crippen molar-refractivity contribution in [2.45, 2.75) is 17.1 Å². The standard InChI is InChI=1S/C22H23IO5/c1-3-15(12-17(24)4-2)14-27-19-10-5-6-11-20(19)28-21(22(23)26)16-8-7-9-18(25)13-16/h3-13,21-22,24-26H,1,14H2,2H3/b15-12+,17-4+. The number of para-hydroxylation sites is 2. The van der Waals surface area contributed by atoms with Crippen molar-refractivity contribution in [1.29, 1.82) is 0 Å². The molecule has 2 atom stereocenters. The Morgan fingerprint density at radius 2 is 1.89 bits per heavy atom. The lowest BCUT2D eigenvalue weighted by atomic mass is 10.1. The lowest BCUT2D eigenvalue weighted by Gasteiger charge is -2.23. The molecule has 28 heavy (non-hydrogen) atoms. The van der Waals surface area contributed by atoms with Crippen LogP contribution in [0.4, 0.5) is 0 Å². The Hall–Kier alpha value is -2.45. The van der Waals surface area contributed by atoms with E-state index in [0.717, 1.165) is 0 Å². The second-order valence-electron chi connectivity index (χ2n) is 5.88. The lowest BCUT2D eigenvalue weighted by molar-refractivity contribution is 0.0996. The SMILES string of the molecule is C=C/C(=C\C(O)=C/C)COc1ccccc1OC(c1cccc(O)c1)C(O)I. The van der Waals surface area contributed by atoms with Crippen molar-refractivity contribution in [2.24, 2.45) is 0 Å². The molecule has 0 aliphatic carbocycles. The van der Waals surface area contributed by atoms with Crippen LogP contribution in [-0.4, -0.2) is 26.0 Å². The number of aliphatic hydroxyl groups is 2. The van der Waals surface area contributed by atoms with Crippen molar-refractivity contribution in [3.05, 3.63) is 90.2 Å². The minimum atomic E-state index is -0.845. The van der Waals surface area contributed by atoms with E-state index in [1.54, 1.807) is 67.6 Å². The number of aromatic hydroxyl groups is 1. The number of alkyl halides is 1. The molecule has 3 N–H and O–H groups in total. The zero-order chi connectivity index (χ0) is 20.5. The molecular weight excluding hydrogens is 471 g/mol. The Labute approximate surface area is 178 Å². The maximum Gasteiger partial charge on any atom is 0.162 e. The van der Waals surface area contributed by atoms with E-state index in [0.29, 0.717) is 22.6 Å². The topological polar surface area (TPSA) is 79.2 Å². The molecular formula is C22H23IO5. The monoisotopic (exact) mass is 494 g/mol. The molecule has 5 nitrogen and oxygen atoms in total. The average Bonchev–Trinajstić information content (AvgIpc) is 2.69. The summed E-state index contributed by atoms with van der Waals surface area (Å²) in [6, 6.07) is 13.7. The average molecular weight is 494 g/mol. The minimum Gasteiger partial charge on any atom is -0.508 e. The summed E-state index contributed by atoms with van der Waals surface area (Å²) in [5, 5.41) is 29.5. The van der Waals surface area contributed by atoms with Crippen LogP contribution in [0.3, 0.4) is 0 Å². The third-order valence-electron chi connectivity index (χ3n) is 3.84. The van der Waals surface area contributed by atoms with Gasteiger partial charge < -0.3 is 24.8 Å². The van der Waals surface area contributed by atoms with Gasteiger partial charge in [0, 0.05) is 0 Å². The Bertz CT molecular complexity index is 858. The molecule has 2 unspecified atom stereocenters. The molecule has 0 spiro atoms. The van der Waals surface area contributed by atoms with Crippen molar-refractivity contribution < 1.29 is 24.8 Å². The van der Waals surface area contributed by atoms with Crippen LogP contribution in [0.25, 0.3) is 0 Å². The predicted octanol–water partition coefficient (Wildman–Crippen LogP) is 5.22. The molecule has 2 aromatic carbocycles. The summed E-state index contributed by atoms with van der Waals surface area (Å²) in [6.45, 7) is 5.64. The van der Waals surface area contributed by atoms with Crippen LogP contribution in [0.5, 0.6) is 17.2 Å². The fraction of sp³-hybridized carbons (Fsp3) is 0.182. The van der Waals surface area contributed by atoms with Gasteiger partial charge in [0.25, 0.3) is 0 Å². The lowest BCUT2D eigenvalue weighted by Crippen LogP contribution is -2.18. The van der Waals surface area contributed by atoms with E-state index in [1.807, 2.05) is 28.7 Å². The fourth-order valence-electron chi connectivity index (χ4n) is 2.38. The molecule has 0 bridgehead atoms. The molecule has 2 rings (SSSR count). The van der Waals surface area contributed by atoms with Crippen LogP contribution in [0.15, 0.2) is 84.7 Å². The highest BCUT2D eigenvalue weighted by Gasteiger charge is 2.22. The summed E-state index contributed by atoms with van der Waals surface area (Å²) in [4.78, 5) is 0. The second kappa shape index (κ2) is 10.8. The number of ether oxygens (including phenoxy) is 2. The van der Waals surface area contributed by atoms with Crippen LogP contribution in [-0.2, 0) is 0 Å². The van der Waals surface area contributed by atoms with Gasteiger partial charge in [-0.1, -0.05) is 36.9 Å². The van der Waals surface area contributed by atoms with Crippen molar-refractivity contribution in [1.82, 2.24) is 0 Å². The van der Waals surface area contributed by atoms with Gasteiger partial charge in [-0.05, 0) is 77.1 Å². The molecule has 2 aromatic rings. The van der Waals surface area contributed by atoms with Gasteiger partial charge in [0.1, 0.15) is 22.2 Å². The highest BCUT2D eigenvalue weighted by Crippen LogP contribution is 2.35. The second-order valence-corrected chi connectivity index (χ2v) is 7.15. The summed E-state index contributed by atoms with van der Waals surface area (Å²) in [5.74, 6) is 1.15. The number of phenolic OH excluding ortho intramolecular Hbond substituents is 1. The zero-order valence-electron chi connectivity index (χ0n) is 15.5. The zero-order valence-corrected chi connectivity index (χ0v) is 17.6. The van der Waals surface area contributed by atoms with E-state index in [9.17, 15) is 15.3 Å². The number of aliphatic hydroxyl groups excluding tert-OH is 2. The summed E-state index contributed by atoms with van der Waals surface area (Å²) >= 11 is 1.87. The van der Waals surface area contributed by atoms with Crippen LogP contribution >= 0.6 is 22.6 Å². The molecule has 0 radical (unpaired) electrons. The molecule has 0 fully saturated rings. The van der Waals surface area contributed by atoms with E-state index in [2.05, 4.69) is 6.58 Å². The molecule has 0 aromatic heterocycles. The van der Waals surface area contributed by atoms with Crippen molar-refractivity contribution in [2.75, 3.05) is 6.61 Å². The maximum atomic E-state index is 10.2. The molecule has 0 heterocycles. The van der Waals surface area contributed by atoms with E-state index in [1.165, 1.54) is 0 Å². The highest BCUT2D eigenvalue weighted by atomic mass is 127. The number of rotatable bonds is 9. The molecule has 0 saturated heterocycles. The predicted molar refractivity (Wildman–Crippen MR) is 118 cm³/mol. The highest BCUT2D eigenvalue weighted by molar-refractivity contribution is 14.1. The maximum absolute atomic E-state index is 10.2. The third-order valence-corrected chi connectivity index (χ3v) is 4.49. The quantitative estimate of drug-likeness (QED) is 0.193. The summed E-state index contributed by atoms with van der Waals surface area (Å²) in [7, 11) is 0. The smallest absolute Gasteiger partial charge is 0.162 e. The Balaban J connectivity index is 2.22. The molecule has 6 heteroatoms. The van der Waals surface area contributed by atoms with Gasteiger partial charge in [0.2, 0.25) is 0 Å². The van der Waals surface area contributed by atoms with Crippen LogP contribution in [0, 0.1) is 0 Å². The van der Waals surface area contributed by atoms with E-state index < -0.39 is 10.2 Å². The van der Waals surface area contributed by atoms with Gasteiger partial charge in [-0.15, -0.1) is 0 Å². The first kappa shape index (κ1) is 21.8. The van der Waals surface area contributed by atoms with Gasteiger partial charge in [-0.2, -0.15) is 0 Å². The summed E-state index contributed by atoms with van der Waals surface area (Å²) < 4.78 is 11.0. The summed E-state index contributed by atoms with van der Waals surface area (Å²) in [6.07, 6.45) is 4.05. The van der Waals surface area contributed by atoms with Crippen LogP contribution in [0.1, 0.15) is 18.6 Å². The first-order chi connectivity index (χ1) is 13.4. The Kier molecular flexibility index (Phi) is 8.41. The first-order valence-electron chi connectivity index (χ1n) is 8.62. The van der Waals surface area contributed by atoms with Gasteiger partial charge >= 0.3 is 0 Å². The molecule has 0 saturated carbocycles. The molecule has 0 aliphatic rings. The van der Waals surface area contributed by atoms with Crippen molar-refractivity contribution in [3.63, 3.8) is 0 Å². The third kappa shape index (κ3) is 6.31. The van der Waals surface area contributed by atoms with Gasteiger partial charge in [-0.3, -0.25) is 0 Å². The van der Waals surface area contributed by atoms with Crippen LogP contribution in [0.2, 0.25) is 0 Å². The van der Waals surface area contributed by atoms with E-state index in [-0.39, 0.29) is 18.1 Å². The summed E-state index contributed by atoms with van der Waals surface area (Å²) in [5.41, 5.74) is 1.34. The Morgan fingerprint density at radius 3 is 2.50 bits per heavy atom. The number of halogens is 1. The van der Waals surface area contributed by atoms with Crippen LogP contribution < -0.4 is 9.47 Å². The fourth-order valence-corrected chi connectivity index (χ4v) is 2.94. The van der Waals surface area contributed by atoms with Gasteiger partial charge in [-0.25, -0.2) is 0 Å². The van der Waals surface area contributed by atoms with Crippen molar-refractivity contribution in [3.8, 4) is 17.2 Å². The Morgan fingerprint density at radius 1 is 1.18 bits per heavy atom. The number of benzene rings is 2. The first-order valence-corrected chi connectivity index (χ1v) is 9.87. The van der Waals surface area contributed by atoms with Gasteiger partial charge in [0.05, 0.1) is 0 Å². The number of allylic oxidation sites excluding steroid dienone is 2. The molecule has 148 valence electrons.